The van der Waals surface area contributed by atoms with Crippen molar-refractivity contribution < 1.29 is 13.9 Å². The topological polar surface area (TPSA) is 34.5 Å². The van der Waals surface area contributed by atoms with Crippen molar-refractivity contribution in [2.45, 2.75) is 38.8 Å². The van der Waals surface area contributed by atoms with Crippen LogP contribution in [0.3, 0.4) is 0 Å². The number of benzene rings is 1. The Kier molecular flexibility index (Phi) is 4.67. The number of aromatic nitrogens is 1. The number of ketones is 1. The number of nitrogens with zero attached hydrogens (tertiary/aromatic N) is 2. The zero-order chi connectivity index (χ0) is 18.3. The first kappa shape index (κ1) is 17.4. The van der Waals surface area contributed by atoms with Gasteiger partial charge in [-0.2, -0.15) is 0 Å². The molecule has 1 unspecified atom stereocenters. The molecule has 1 aromatic carbocycles. The Morgan fingerprint density at radius 3 is 2.65 bits per heavy atom. The van der Waals surface area contributed by atoms with Crippen LogP contribution < -0.4 is 0 Å². The summed E-state index contributed by atoms with van der Waals surface area (Å²) in [7, 11) is 0. The fourth-order valence-electron chi connectivity index (χ4n) is 3.97. The van der Waals surface area contributed by atoms with E-state index in [-0.39, 0.29) is 17.7 Å². The molecule has 1 atom stereocenters. The number of halogens is 1. The van der Waals surface area contributed by atoms with Crippen molar-refractivity contribution in [2.75, 3.05) is 26.2 Å². The lowest BCUT2D eigenvalue weighted by atomic mass is 10.1. The largest absolute Gasteiger partial charge is 0.371 e. The van der Waals surface area contributed by atoms with Gasteiger partial charge in [0.25, 0.3) is 0 Å². The Balaban J connectivity index is 1.44. The summed E-state index contributed by atoms with van der Waals surface area (Å²) in [6.45, 7) is 6.51. The highest BCUT2D eigenvalue weighted by atomic mass is 19.1. The van der Waals surface area contributed by atoms with E-state index >= 15 is 0 Å². The summed E-state index contributed by atoms with van der Waals surface area (Å²) in [4.78, 5) is 15.0. The highest BCUT2D eigenvalue weighted by Crippen LogP contribution is 2.38. The fraction of sp³-hybridized carbons (Fsp3) is 0.476. The van der Waals surface area contributed by atoms with Crippen molar-refractivity contribution in [2.24, 2.45) is 0 Å². The first-order valence-electron chi connectivity index (χ1n) is 9.34. The minimum Gasteiger partial charge on any atom is -0.371 e. The van der Waals surface area contributed by atoms with Gasteiger partial charge >= 0.3 is 0 Å². The fourth-order valence-corrected chi connectivity index (χ4v) is 3.97. The first-order chi connectivity index (χ1) is 12.5. The van der Waals surface area contributed by atoms with E-state index in [1.54, 1.807) is 12.1 Å². The van der Waals surface area contributed by atoms with Crippen LogP contribution in [0.15, 0.2) is 30.3 Å². The van der Waals surface area contributed by atoms with E-state index in [9.17, 15) is 9.18 Å². The molecular weight excluding hydrogens is 331 g/mol. The molecule has 2 fully saturated rings. The number of ether oxygens (including phenoxy) is 1. The summed E-state index contributed by atoms with van der Waals surface area (Å²) in [5, 5.41) is 0. The number of carbonyl (C=O) groups excluding carboxylic acids is 1. The Labute approximate surface area is 153 Å². The van der Waals surface area contributed by atoms with Gasteiger partial charge in [-0.25, -0.2) is 4.39 Å². The van der Waals surface area contributed by atoms with Crippen LogP contribution in [0.1, 0.15) is 52.3 Å². The van der Waals surface area contributed by atoms with Gasteiger partial charge in [0.1, 0.15) is 5.82 Å². The van der Waals surface area contributed by atoms with Gasteiger partial charge in [-0.15, -0.1) is 0 Å². The highest BCUT2D eigenvalue weighted by molar-refractivity contribution is 5.99. The number of aryl methyl sites for hydroxylation is 1. The number of hydrogen-bond donors (Lipinski definition) is 0. The summed E-state index contributed by atoms with van der Waals surface area (Å²) >= 11 is 0. The van der Waals surface area contributed by atoms with Crippen LogP contribution in [0.4, 0.5) is 4.39 Å². The van der Waals surface area contributed by atoms with Gasteiger partial charge in [0, 0.05) is 36.1 Å². The van der Waals surface area contributed by atoms with Crippen LogP contribution >= 0.6 is 0 Å². The van der Waals surface area contributed by atoms with Gasteiger partial charge in [-0.1, -0.05) is 12.1 Å². The SMILES string of the molecule is Cc1cc(C(=O)CN2CCOC(c3ccc(F)cc3)C2)c(C)n1C1CC1. The monoisotopic (exact) mass is 356 g/mol. The van der Waals surface area contributed by atoms with E-state index in [0.717, 1.165) is 23.4 Å². The maximum Gasteiger partial charge on any atom is 0.178 e. The molecule has 2 heterocycles. The molecule has 5 heteroatoms. The minimum absolute atomic E-state index is 0.115. The summed E-state index contributed by atoms with van der Waals surface area (Å²) < 4.78 is 21.3. The van der Waals surface area contributed by atoms with Crippen molar-refractivity contribution >= 4 is 5.78 Å². The standard InChI is InChI=1S/C21H25FN2O2/c1-14-11-19(15(2)24(14)18-7-8-18)20(25)12-23-9-10-26-21(13-23)16-3-5-17(22)6-4-16/h3-6,11,18,21H,7-10,12-13H2,1-2H3. The number of Topliss-reactive ketones (excluding diaryl/α,β-unsaturated/α-hetero) is 1. The van der Waals surface area contributed by atoms with Crippen LogP contribution in [0, 0.1) is 19.7 Å². The molecule has 0 amide bonds. The normalized spacial score (nSPS) is 21.1. The Morgan fingerprint density at radius 1 is 1.23 bits per heavy atom. The molecule has 2 aliphatic rings. The van der Waals surface area contributed by atoms with E-state index in [1.807, 2.05) is 6.07 Å². The molecule has 0 N–H and O–H groups in total. The molecule has 1 saturated carbocycles. The average molecular weight is 356 g/mol. The molecule has 1 saturated heterocycles. The third-order valence-electron chi connectivity index (χ3n) is 5.46. The molecule has 0 radical (unpaired) electrons. The summed E-state index contributed by atoms with van der Waals surface area (Å²) in [6, 6.07) is 9.05. The van der Waals surface area contributed by atoms with Crippen LogP contribution in [0.2, 0.25) is 0 Å². The summed E-state index contributed by atoms with van der Waals surface area (Å²) in [5.41, 5.74) is 4.08. The van der Waals surface area contributed by atoms with Crippen molar-refractivity contribution in [3.05, 3.63) is 58.7 Å². The molecule has 26 heavy (non-hydrogen) atoms. The summed E-state index contributed by atoms with van der Waals surface area (Å²) in [5.74, 6) is -0.0765. The molecule has 4 rings (SSSR count). The average Bonchev–Trinajstić information content (AvgIpc) is 3.41. The van der Waals surface area contributed by atoms with E-state index < -0.39 is 0 Å². The highest BCUT2D eigenvalue weighted by Gasteiger charge is 2.29. The summed E-state index contributed by atoms with van der Waals surface area (Å²) in [6.07, 6.45) is 2.32. The second kappa shape index (κ2) is 6.97. The molecule has 0 bridgehead atoms. The molecule has 0 spiro atoms. The van der Waals surface area contributed by atoms with Crippen LogP contribution in [0.5, 0.6) is 0 Å². The van der Waals surface area contributed by atoms with Crippen LogP contribution in [0.25, 0.3) is 0 Å². The lowest BCUT2D eigenvalue weighted by molar-refractivity contribution is -0.0275. The third-order valence-corrected chi connectivity index (χ3v) is 5.46. The van der Waals surface area contributed by atoms with Crippen molar-refractivity contribution in [3.8, 4) is 0 Å². The molecule has 138 valence electrons. The molecular formula is C21H25FN2O2. The second-order valence-electron chi connectivity index (χ2n) is 7.46. The molecule has 1 aliphatic carbocycles. The zero-order valence-corrected chi connectivity index (χ0v) is 15.4. The molecule has 1 aromatic heterocycles. The number of morpholine rings is 1. The Bertz CT molecular complexity index is 808. The number of hydrogen-bond acceptors (Lipinski definition) is 3. The van der Waals surface area contributed by atoms with Gasteiger partial charge in [-0.3, -0.25) is 9.69 Å². The quantitative estimate of drug-likeness (QED) is 0.764. The lowest BCUT2D eigenvalue weighted by Gasteiger charge is -2.32. The predicted octanol–water partition coefficient (Wildman–Crippen LogP) is 3.84. The van der Waals surface area contributed by atoms with Crippen molar-refractivity contribution in [3.63, 3.8) is 0 Å². The third kappa shape index (κ3) is 3.46. The minimum atomic E-state index is -0.248. The van der Waals surface area contributed by atoms with E-state index in [4.69, 9.17) is 4.74 Å². The second-order valence-corrected chi connectivity index (χ2v) is 7.46. The van der Waals surface area contributed by atoms with Crippen molar-refractivity contribution in [1.29, 1.82) is 0 Å². The smallest absolute Gasteiger partial charge is 0.178 e. The van der Waals surface area contributed by atoms with Gasteiger partial charge in [0.2, 0.25) is 0 Å². The number of carbonyl (C=O) groups is 1. The van der Waals surface area contributed by atoms with Crippen molar-refractivity contribution in [1.82, 2.24) is 9.47 Å². The van der Waals surface area contributed by atoms with Gasteiger partial charge in [-0.05, 0) is 50.5 Å². The Hall–Kier alpha value is -1.98. The molecule has 4 nitrogen and oxygen atoms in total. The number of rotatable bonds is 5. The maximum absolute atomic E-state index is 13.1. The maximum atomic E-state index is 13.1. The Morgan fingerprint density at radius 2 is 1.96 bits per heavy atom. The van der Waals surface area contributed by atoms with E-state index in [0.29, 0.717) is 25.7 Å². The van der Waals surface area contributed by atoms with Gasteiger partial charge in [0.15, 0.2) is 5.78 Å². The molecule has 2 aromatic rings. The predicted molar refractivity (Wildman–Crippen MR) is 98.0 cm³/mol. The van der Waals surface area contributed by atoms with Gasteiger partial charge in [0.05, 0.1) is 19.3 Å². The molecule has 1 aliphatic heterocycles. The first-order valence-corrected chi connectivity index (χ1v) is 9.34. The zero-order valence-electron chi connectivity index (χ0n) is 15.4. The van der Waals surface area contributed by atoms with Crippen LogP contribution in [-0.4, -0.2) is 41.5 Å². The van der Waals surface area contributed by atoms with Gasteiger partial charge < -0.3 is 9.30 Å². The van der Waals surface area contributed by atoms with E-state index in [2.05, 4.69) is 23.3 Å². The van der Waals surface area contributed by atoms with E-state index in [1.165, 1.54) is 30.7 Å². The lowest BCUT2D eigenvalue weighted by Crippen LogP contribution is -2.41. The van der Waals surface area contributed by atoms with Crippen LogP contribution in [-0.2, 0) is 4.74 Å².